The monoisotopic (exact) mass is 501 g/mol. The Balaban J connectivity index is 1.37. The van der Waals surface area contributed by atoms with Gasteiger partial charge in [0.2, 0.25) is 15.9 Å². The molecule has 1 N–H and O–H groups in total. The molecular formula is C24H27N3O5S2. The van der Waals surface area contributed by atoms with Crippen LogP contribution in [0.3, 0.4) is 0 Å². The zero-order valence-corrected chi connectivity index (χ0v) is 20.7. The molecule has 34 heavy (non-hydrogen) atoms. The topological polar surface area (TPSA) is 102 Å². The number of carbonyl (C=O) groups is 1. The molecule has 0 spiro atoms. The fourth-order valence-corrected chi connectivity index (χ4v) is 6.24. The van der Waals surface area contributed by atoms with Crippen molar-refractivity contribution in [1.29, 1.82) is 0 Å². The molecule has 3 aromatic rings. The Hall–Kier alpha value is -2.95. The average Bonchev–Trinajstić information content (AvgIpc) is 3.51. The number of hydrogen-bond donors (Lipinski definition) is 1. The van der Waals surface area contributed by atoms with Crippen molar-refractivity contribution in [2.75, 3.05) is 20.2 Å². The molecule has 0 bridgehead atoms. The predicted octanol–water partition coefficient (Wildman–Crippen LogP) is 3.94. The van der Waals surface area contributed by atoms with Gasteiger partial charge in [-0.25, -0.2) is 8.42 Å². The van der Waals surface area contributed by atoms with Gasteiger partial charge >= 0.3 is 0 Å². The number of benzene rings is 1. The third-order valence-electron chi connectivity index (χ3n) is 5.82. The molecule has 1 aromatic carbocycles. The van der Waals surface area contributed by atoms with E-state index in [1.807, 2.05) is 47.9 Å². The van der Waals surface area contributed by atoms with E-state index in [1.54, 1.807) is 31.4 Å². The number of thiophene rings is 1. The van der Waals surface area contributed by atoms with Crippen molar-refractivity contribution in [2.45, 2.75) is 31.2 Å². The Morgan fingerprint density at radius 2 is 1.97 bits per heavy atom. The van der Waals surface area contributed by atoms with Gasteiger partial charge in [-0.05, 0) is 61.1 Å². The lowest BCUT2D eigenvalue weighted by molar-refractivity contribution is -0.126. The summed E-state index contributed by atoms with van der Waals surface area (Å²) in [4.78, 5) is 13.7. The number of ether oxygens (including phenoxy) is 1. The van der Waals surface area contributed by atoms with Gasteiger partial charge in [0.1, 0.15) is 11.4 Å². The molecule has 0 aliphatic carbocycles. The lowest BCUT2D eigenvalue weighted by atomic mass is 9.97. The van der Waals surface area contributed by atoms with Gasteiger partial charge in [0, 0.05) is 30.4 Å². The second-order valence-electron chi connectivity index (χ2n) is 8.05. The van der Waals surface area contributed by atoms with Gasteiger partial charge in [-0.2, -0.15) is 4.31 Å². The number of hydrogen-bond acceptors (Lipinski definition) is 7. The Labute approximate surface area is 203 Å². The summed E-state index contributed by atoms with van der Waals surface area (Å²) < 4.78 is 38.6. The van der Waals surface area contributed by atoms with Crippen LogP contribution in [-0.2, 0) is 21.4 Å². The number of methoxy groups -OCH3 is 1. The zero-order valence-electron chi connectivity index (χ0n) is 19.1. The van der Waals surface area contributed by atoms with E-state index in [4.69, 9.17) is 9.26 Å². The molecule has 10 heteroatoms. The van der Waals surface area contributed by atoms with Crippen LogP contribution in [0.15, 0.2) is 51.2 Å². The Morgan fingerprint density at radius 3 is 2.62 bits per heavy atom. The van der Waals surface area contributed by atoms with Crippen LogP contribution in [0.25, 0.3) is 12.2 Å². The Morgan fingerprint density at radius 1 is 1.24 bits per heavy atom. The molecule has 1 aliphatic heterocycles. The van der Waals surface area contributed by atoms with E-state index < -0.39 is 10.0 Å². The molecule has 0 unspecified atom stereocenters. The second kappa shape index (κ2) is 10.5. The maximum absolute atomic E-state index is 13.4. The van der Waals surface area contributed by atoms with E-state index in [0.29, 0.717) is 25.1 Å². The number of piperidine rings is 1. The van der Waals surface area contributed by atoms with Crippen LogP contribution in [0.4, 0.5) is 0 Å². The molecule has 1 aliphatic rings. The number of rotatable bonds is 8. The summed E-state index contributed by atoms with van der Waals surface area (Å²) in [6, 6.07) is 11.4. The van der Waals surface area contributed by atoms with Crippen LogP contribution in [0.1, 0.15) is 34.7 Å². The molecule has 0 atom stereocenters. The van der Waals surface area contributed by atoms with Gasteiger partial charge in [0.15, 0.2) is 10.7 Å². The number of nitrogens with one attached hydrogen (secondary N) is 1. The molecule has 3 heterocycles. The highest BCUT2D eigenvalue weighted by Gasteiger charge is 2.35. The zero-order chi connectivity index (χ0) is 24.1. The molecular weight excluding hydrogens is 474 g/mol. The minimum atomic E-state index is -3.80. The number of sulfonamides is 1. The quantitative estimate of drug-likeness (QED) is 0.502. The van der Waals surface area contributed by atoms with E-state index in [0.717, 1.165) is 16.2 Å². The number of carbonyl (C=O) groups excluding carboxylic acids is 1. The van der Waals surface area contributed by atoms with Crippen molar-refractivity contribution in [3.63, 3.8) is 0 Å². The molecule has 1 saturated heterocycles. The third kappa shape index (κ3) is 5.40. The average molecular weight is 502 g/mol. The summed E-state index contributed by atoms with van der Waals surface area (Å²) in [6.07, 6.45) is 4.36. The standard InChI is InChI=1S/C24H27N3O5S2/c1-17-23(22(32-26-17)10-9-21-4-3-15-33-21)34(29,30)27-13-11-19(12-14-27)24(28)25-16-18-5-7-20(31-2)8-6-18/h3-10,15,19H,11-14,16H2,1-2H3,(H,25,28)/b10-9+. The highest BCUT2D eigenvalue weighted by atomic mass is 32.2. The van der Waals surface area contributed by atoms with Gasteiger partial charge in [-0.3, -0.25) is 4.79 Å². The largest absolute Gasteiger partial charge is 0.497 e. The number of aromatic nitrogens is 1. The van der Waals surface area contributed by atoms with E-state index in [2.05, 4.69) is 10.5 Å². The Kier molecular flexibility index (Phi) is 7.50. The summed E-state index contributed by atoms with van der Waals surface area (Å²) >= 11 is 1.55. The summed E-state index contributed by atoms with van der Waals surface area (Å²) in [5.74, 6) is 0.683. The van der Waals surface area contributed by atoms with Crippen molar-refractivity contribution in [1.82, 2.24) is 14.8 Å². The molecule has 1 amide bonds. The minimum absolute atomic E-state index is 0.0615. The van der Waals surface area contributed by atoms with E-state index in [1.165, 1.54) is 4.31 Å². The summed E-state index contributed by atoms with van der Waals surface area (Å²) in [5.41, 5.74) is 1.30. The number of nitrogens with zero attached hydrogens (tertiary/aromatic N) is 2. The van der Waals surface area contributed by atoms with Gasteiger partial charge in [0.05, 0.1) is 7.11 Å². The first-order valence-corrected chi connectivity index (χ1v) is 13.3. The lowest BCUT2D eigenvalue weighted by Gasteiger charge is -2.30. The van der Waals surface area contributed by atoms with Gasteiger partial charge in [-0.15, -0.1) is 11.3 Å². The smallest absolute Gasteiger partial charge is 0.248 e. The van der Waals surface area contributed by atoms with Crippen molar-refractivity contribution in [3.8, 4) is 5.75 Å². The van der Waals surface area contributed by atoms with Crippen LogP contribution in [-0.4, -0.2) is 44.0 Å². The first kappa shape index (κ1) is 24.2. The molecule has 0 saturated carbocycles. The summed E-state index contributed by atoms with van der Waals surface area (Å²) in [7, 11) is -2.19. The van der Waals surface area contributed by atoms with Crippen LogP contribution >= 0.6 is 11.3 Å². The lowest BCUT2D eigenvalue weighted by Crippen LogP contribution is -2.43. The second-order valence-corrected chi connectivity index (χ2v) is 10.9. The van der Waals surface area contributed by atoms with Crippen LogP contribution in [0.5, 0.6) is 5.75 Å². The molecule has 8 nitrogen and oxygen atoms in total. The van der Waals surface area contributed by atoms with Gasteiger partial charge in [0.25, 0.3) is 0 Å². The van der Waals surface area contributed by atoms with Crippen molar-refractivity contribution in [2.24, 2.45) is 5.92 Å². The first-order valence-electron chi connectivity index (χ1n) is 11.0. The van der Waals surface area contributed by atoms with Crippen LogP contribution in [0, 0.1) is 12.8 Å². The normalized spacial score (nSPS) is 15.6. The maximum atomic E-state index is 13.4. The highest BCUT2D eigenvalue weighted by molar-refractivity contribution is 7.89. The van der Waals surface area contributed by atoms with Crippen molar-refractivity contribution < 1.29 is 22.5 Å². The van der Waals surface area contributed by atoms with Crippen LogP contribution in [0.2, 0.25) is 0 Å². The van der Waals surface area contributed by atoms with Crippen molar-refractivity contribution >= 4 is 39.4 Å². The molecule has 0 radical (unpaired) electrons. The van der Waals surface area contributed by atoms with Crippen LogP contribution < -0.4 is 10.1 Å². The van der Waals surface area contributed by atoms with Gasteiger partial charge < -0.3 is 14.6 Å². The Bertz CT molecular complexity index is 1240. The summed E-state index contributed by atoms with van der Waals surface area (Å²) in [5, 5.41) is 8.78. The summed E-state index contributed by atoms with van der Waals surface area (Å²) in [6.45, 7) is 2.57. The number of amides is 1. The predicted molar refractivity (Wildman–Crippen MR) is 131 cm³/mol. The highest BCUT2D eigenvalue weighted by Crippen LogP contribution is 2.29. The fraction of sp³-hybridized carbons (Fsp3) is 0.333. The van der Waals surface area contributed by atoms with E-state index in [-0.39, 0.29) is 35.6 Å². The molecule has 4 rings (SSSR count). The molecule has 1 fully saturated rings. The maximum Gasteiger partial charge on any atom is 0.248 e. The molecule has 2 aromatic heterocycles. The van der Waals surface area contributed by atoms with Gasteiger partial charge in [-0.1, -0.05) is 23.4 Å². The minimum Gasteiger partial charge on any atom is -0.497 e. The first-order chi connectivity index (χ1) is 16.4. The fourth-order valence-electron chi connectivity index (χ4n) is 3.91. The van der Waals surface area contributed by atoms with E-state index in [9.17, 15) is 13.2 Å². The SMILES string of the molecule is COc1ccc(CNC(=O)C2CCN(S(=O)(=O)c3c(C)noc3/C=C/c3cccs3)CC2)cc1. The number of aryl methyl sites for hydroxylation is 1. The third-order valence-corrected chi connectivity index (χ3v) is 8.72. The van der Waals surface area contributed by atoms with E-state index >= 15 is 0 Å². The van der Waals surface area contributed by atoms with Crippen molar-refractivity contribution in [3.05, 3.63) is 63.7 Å². The molecule has 180 valence electrons.